The van der Waals surface area contributed by atoms with E-state index >= 15 is 0 Å². The Balaban J connectivity index is 2.48. The van der Waals surface area contributed by atoms with Crippen LogP contribution in [0.25, 0.3) is 11.3 Å². The zero-order valence-corrected chi connectivity index (χ0v) is 14.6. The van der Waals surface area contributed by atoms with E-state index in [1.165, 1.54) is 20.1 Å². The van der Waals surface area contributed by atoms with E-state index in [2.05, 4.69) is 20.1 Å². The quantitative estimate of drug-likeness (QED) is 0.709. The van der Waals surface area contributed by atoms with Crippen molar-refractivity contribution in [1.29, 1.82) is 0 Å². The summed E-state index contributed by atoms with van der Waals surface area (Å²) in [5.41, 5.74) is 5.92. The Hall–Kier alpha value is -2.81. The van der Waals surface area contributed by atoms with Crippen molar-refractivity contribution < 1.29 is 23.8 Å². The molecule has 134 valence electrons. The number of nitrogens with zero attached hydrogens (tertiary/aromatic N) is 2. The van der Waals surface area contributed by atoms with Gasteiger partial charge in [-0.15, -0.1) is 0 Å². The number of hydrogen-bond donors (Lipinski definition) is 2. The maximum atomic E-state index is 11.6. The number of rotatable bonds is 7. The number of amides is 1. The molecule has 0 fully saturated rings. The van der Waals surface area contributed by atoms with Gasteiger partial charge < -0.3 is 19.9 Å². The second kappa shape index (κ2) is 7.84. The molecule has 0 saturated carbocycles. The number of ether oxygens (including phenoxy) is 3. The molecule has 1 aromatic carbocycles. The molecule has 0 aliphatic heterocycles. The van der Waals surface area contributed by atoms with Crippen molar-refractivity contribution in [3.8, 4) is 22.8 Å². The molecule has 10 heteroatoms. The number of esters is 1. The molecule has 0 aliphatic rings. The van der Waals surface area contributed by atoms with Crippen LogP contribution in [0.1, 0.15) is 24.3 Å². The lowest BCUT2D eigenvalue weighted by Crippen LogP contribution is -2.25. The molecule has 2 aromatic rings. The van der Waals surface area contributed by atoms with Gasteiger partial charge in [0, 0.05) is 5.56 Å². The zero-order valence-electron chi connectivity index (χ0n) is 13.8. The molecule has 3 N–H and O–H groups in total. The van der Waals surface area contributed by atoms with Gasteiger partial charge in [0.2, 0.25) is 0 Å². The second-order valence-corrected chi connectivity index (χ2v) is 5.29. The third-order valence-electron chi connectivity index (χ3n) is 3.19. The van der Waals surface area contributed by atoms with Crippen molar-refractivity contribution in [3.63, 3.8) is 0 Å². The third-order valence-corrected chi connectivity index (χ3v) is 3.47. The fraction of sp³-hybridized carbons (Fsp3) is 0.333. The average Bonchev–Trinajstić information content (AvgIpc) is 3.06. The first-order valence-electron chi connectivity index (χ1n) is 7.30. The Bertz CT molecular complexity index is 792. The molecule has 1 atom stereocenters. The molecule has 2 rings (SSSR count). The number of H-pyrrole nitrogens is 1. The van der Waals surface area contributed by atoms with Gasteiger partial charge in [-0.05, 0) is 26.0 Å². The lowest BCUT2D eigenvalue weighted by atomic mass is 10.1. The average molecular weight is 369 g/mol. The van der Waals surface area contributed by atoms with Crippen LogP contribution < -0.4 is 15.2 Å². The zero-order chi connectivity index (χ0) is 18.6. The van der Waals surface area contributed by atoms with Crippen molar-refractivity contribution in [1.82, 2.24) is 15.4 Å². The van der Waals surface area contributed by atoms with Crippen LogP contribution in [0, 0.1) is 0 Å². The SMILES string of the molecule is CCOc1cc(-c2n[nH]nc2C(N)=O)cc(Cl)c1OC(C)C(=O)OC. The third kappa shape index (κ3) is 4.00. The lowest BCUT2D eigenvalue weighted by Gasteiger charge is -2.18. The van der Waals surface area contributed by atoms with Crippen molar-refractivity contribution in [2.45, 2.75) is 20.0 Å². The number of aromatic amines is 1. The summed E-state index contributed by atoms with van der Waals surface area (Å²) in [5.74, 6) is -0.846. The van der Waals surface area contributed by atoms with E-state index in [4.69, 9.17) is 26.8 Å². The van der Waals surface area contributed by atoms with Gasteiger partial charge >= 0.3 is 5.97 Å². The monoisotopic (exact) mass is 368 g/mol. The van der Waals surface area contributed by atoms with Gasteiger partial charge in [-0.2, -0.15) is 15.4 Å². The molecule has 0 saturated heterocycles. The van der Waals surface area contributed by atoms with Gasteiger partial charge in [0.05, 0.1) is 18.7 Å². The van der Waals surface area contributed by atoms with Crippen LogP contribution in [0.3, 0.4) is 0 Å². The minimum absolute atomic E-state index is 0.0323. The molecular weight excluding hydrogens is 352 g/mol. The summed E-state index contributed by atoms with van der Waals surface area (Å²) in [5, 5.41) is 10.1. The number of aromatic nitrogens is 3. The summed E-state index contributed by atoms with van der Waals surface area (Å²) in [6.07, 6.45) is -0.888. The largest absolute Gasteiger partial charge is 0.490 e. The Labute approximate surface area is 148 Å². The molecule has 0 radical (unpaired) electrons. The number of methoxy groups -OCH3 is 1. The number of nitrogens with one attached hydrogen (secondary N) is 1. The second-order valence-electron chi connectivity index (χ2n) is 4.89. The summed E-state index contributed by atoms with van der Waals surface area (Å²) in [4.78, 5) is 23.0. The van der Waals surface area contributed by atoms with Crippen LogP contribution in [0.5, 0.6) is 11.5 Å². The first-order valence-corrected chi connectivity index (χ1v) is 7.68. The number of primary amides is 1. The molecule has 25 heavy (non-hydrogen) atoms. The molecular formula is C15H17ClN4O5. The summed E-state index contributed by atoms with van der Waals surface area (Å²) >= 11 is 6.28. The van der Waals surface area contributed by atoms with E-state index in [0.717, 1.165) is 0 Å². The number of halogens is 1. The normalized spacial score (nSPS) is 11.7. The minimum Gasteiger partial charge on any atom is -0.490 e. The smallest absolute Gasteiger partial charge is 0.346 e. The summed E-state index contributed by atoms with van der Waals surface area (Å²) < 4.78 is 15.7. The molecule has 0 spiro atoms. The minimum atomic E-state index is -0.888. The molecule has 1 unspecified atom stereocenters. The molecule has 1 amide bonds. The number of carbonyl (C=O) groups excluding carboxylic acids is 2. The van der Waals surface area contributed by atoms with Crippen LogP contribution in [-0.2, 0) is 9.53 Å². The van der Waals surface area contributed by atoms with Crippen LogP contribution in [0.4, 0.5) is 0 Å². The Morgan fingerprint density at radius 1 is 1.36 bits per heavy atom. The molecule has 1 aromatic heterocycles. The Morgan fingerprint density at radius 2 is 2.08 bits per heavy atom. The van der Waals surface area contributed by atoms with Gasteiger partial charge in [-0.3, -0.25) is 4.79 Å². The van der Waals surface area contributed by atoms with E-state index < -0.39 is 18.0 Å². The highest BCUT2D eigenvalue weighted by molar-refractivity contribution is 6.32. The van der Waals surface area contributed by atoms with E-state index in [-0.39, 0.29) is 27.9 Å². The van der Waals surface area contributed by atoms with Crippen molar-refractivity contribution in [3.05, 3.63) is 22.8 Å². The predicted molar refractivity (Wildman–Crippen MR) is 88.6 cm³/mol. The first kappa shape index (κ1) is 18.5. The number of hydrogen-bond acceptors (Lipinski definition) is 7. The number of benzene rings is 1. The summed E-state index contributed by atoms with van der Waals surface area (Å²) in [7, 11) is 1.26. The van der Waals surface area contributed by atoms with Crippen molar-refractivity contribution >= 4 is 23.5 Å². The fourth-order valence-corrected chi connectivity index (χ4v) is 2.33. The van der Waals surface area contributed by atoms with Crippen molar-refractivity contribution in [2.24, 2.45) is 5.73 Å². The van der Waals surface area contributed by atoms with Gasteiger partial charge in [-0.1, -0.05) is 11.6 Å². The van der Waals surface area contributed by atoms with E-state index in [1.54, 1.807) is 13.0 Å². The van der Waals surface area contributed by atoms with Gasteiger partial charge in [0.15, 0.2) is 23.3 Å². The van der Waals surface area contributed by atoms with Gasteiger partial charge in [0.1, 0.15) is 5.69 Å². The maximum absolute atomic E-state index is 11.6. The molecule has 1 heterocycles. The summed E-state index contributed by atoms with van der Waals surface area (Å²) in [6, 6.07) is 3.08. The van der Waals surface area contributed by atoms with E-state index in [9.17, 15) is 9.59 Å². The first-order chi connectivity index (χ1) is 11.9. The van der Waals surface area contributed by atoms with E-state index in [1.807, 2.05) is 0 Å². The molecule has 9 nitrogen and oxygen atoms in total. The van der Waals surface area contributed by atoms with Crippen LogP contribution in [0.2, 0.25) is 5.02 Å². The van der Waals surface area contributed by atoms with Crippen molar-refractivity contribution in [2.75, 3.05) is 13.7 Å². The highest BCUT2D eigenvalue weighted by Gasteiger charge is 2.23. The maximum Gasteiger partial charge on any atom is 0.346 e. The van der Waals surface area contributed by atoms with Crippen LogP contribution >= 0.6 is 11.6 Å². The lowest BCUT2D eigenvalue weighted by molar-refractivity contribution is -0.147. The number of carbonyl (C=O) groups is 2. The number of nitrogens with two attached hydrogens (primary N) is 1. The topological polar surface area (TPSA) is 129 Å². The predicted octanol–water partition coefficient (Wildman–Crippen LogP) is 1.56. The van der Waals surface area contributed by atoms with Crippen LogP contribution in [0.15, 0.2) is 12.1 Å². The Morgan fingerprint density at radius 3 is 2.68 bits per heavy atom. The fourth-order valence-electron chi connectivity index (χ4n) is 2.08. The standard InChI is InChI=1S/C15H17ClN4O5/c1-4-24-10-6-8(11-12(14(17)21)19-20-18-11)5-9(16)13(10)25-7(2)15(22)23-3/h5-7H,4H2,1-3H3,(H2,17,21)(H,18,19,20). The van der Waals surface area contributed by atoms with Crippen LogP contribution in [-0.4, -0.2) is 47.1 Å². The molecule has 0 bridgehead atoms. The van der Waals surface area contributed by atoms with Gasteiger partial charge in [0.25, 0.3) is 5.91 Å². The highest BCUT2D eigenvalue weighted by atomic mass is 35.5. The molecule has 0 aliphatic carbocycles. The Kier molecular flexibility index (Phi) is 5.81. The van der Waals surface area contributed by atoms with E-state index in [0.29, 0.717) is 12.2 Å². The van der Waals surface area contributed by atoms with Gasteiger partial charge in [-0.25, -0.2) is 4.79 Å². The highest BCUT2D eigenvalue weighted by Crippen LogP contribution is 2.40. The summed E-state index contributed by atoms with van der Waals surface area (Å²) in [6.45, 7) is 3.62.